The van der Waals surface area contributed by atoms with Gasteiger partial charge in [-0.05, 0) is 30.0 Å². The molecule has 112 valence electrons. The monoisotopic (exact) mass is 304 g/mol. The summed E-state index contributed by atoms with van der Waals surface area (Å²) in [5, 5.41) is 0.403. The molecule has 0 spiro atoms. The highest BCUT2D eigenvalue weighted by atomic mass is 35.5. The van der Waals surface area contributed by atoms with Crippen molar-refractivity contribution in [3.8, 4) is 11.6 Å². The maximum absolute atomic E-state index is 6.01. The summed E-state index contributed by atoms with van der Waals surface area (Å²) in [7, 11) is 0. The topological polar surface area (TPSA) is 35.0 Å². The molecule has 0 aliphatic rings. The SMILES string of the molecule is CCC(C)c1ccc(Oc2cc(Cl)nc(C(C)C)n2)cc1. The quantitative estimate of drug-likeness (QED) is 0.678. The summed E-state index contributed by atoms with van der Waals surface area (Å²) in [5.74, 6) is 2.69. The van der Waals surface area contributed by atoms with E-state index in [0.717, 1.165) is 12.2 Å². The predicted octanol–water partition coefficient (Wildman–Crippen LogP) is 5.56. The molecule has 0 amide bonds. The Labute approximate surface area is 131 Å². The lowest BCUT2D eigenvalue weighted by atomic mass is 9.99. The van der Waals surface area contributed by atoms with Gasteiger partial charge in [0.05, 0.1) is 0 Å². The molecule has 3 nitrogen and oxygen atoms in total. The number of hydrogen-bond donors (Lipinski definition) is 0. The van der Waals surface area contributed by atoms with Crippen LogP contribution in [0, 0.1) is 0 Å². The van der Waals surface area contributed by atoms with Crippen molar-refractivity contribution in [1.29, 1.82) is 0 Å². The molecule has 21 heavy (non-hydrogen) atoms. The van der Waals surface area contributed by atoms with Crippen LogP contribution in [0.2, 0.25) is 5.15 Å². The van der Waals surface area contributed by atoms with E-state index in [2.05, 4.69) is 35.9 Å². The van der Waals surface area contributed by atoms with E-state index in [1.165, 1.54) is 5.56 Å². The first-order valence-electron chi connectivity index (χ1n) is 7.32. The van der Waals surface area contributed by atoms with Crippen LogP contribution in [0.1, 0.15) is 57.3 Å². The molecule has 1 atom stereocenters. The summed E-state index contributed by atoms with van der Waals surface area (Å²) in [6.45, 7) is 8.45. The zero-order valence-electron chi connectivity index (χ0n) is 12.9. The fourth-order valence-electron chi connectivity index (χ4n) is 1.95. The molecular formula is C17H21ClN2O. The average Bonchev–Trinajstić information content (AvgIpc) is 2.46. The molecule has 2 aromatic rings. The molecule has 1 unspecified atom stereocenters. The van der Waals surface area contributed by atoms with Gasteiger partial charge in [0.1, 0.15) is 16.7 Å². The Morgan fingerprint density at radius 2 is 1.76 bits per heavy atom. The third-order valence-corrected chi connectivity index (χ3v) is 3.68. The van der Waals surface area contributed by atoms with Crippen LogP contribution in [-0.4, -0.2) is 9.97 Å². The number of halogens is 1. The van der Waals surface area contributed by atoms with Crippen molar-refractivity contribution >= 4 is 11.6 Å². The van der Waals surface area contributed by atoms with E-state index in [0.29, 0.717) is 22.8 Å². The molecule has 0 aliphatic heterocycles. The second kappa shape index (κ2) is 6.90. The van der Waals surface area contributed by atoms with Gasteiger partial charge >= 0.3 is 0 Å². The van der Waals surface area contributed by atoms with Crippen LogP contribution in [0.3, 0.4) is 0 Å². The maximum atomic E-state index is 6.01. The van der Waals surface area contributed by atoms with Crippen LogP contribution >= 0.6 is 11.6 Å². The molecule has 4 heteroatoms. The number of ether oxygens (including phenoxy) is 1. The highest BCUT2D eigenvalue weighted by molar-refractivity contribution is 6.29. The normalized spacial score (nSPS) is 12.5. The molecule has 2 rings (SSSR count). The first-order valence-corrected chi connectivity index (χ1v) is 7.69. The van der Waals surface area contributed by atoms with E-state index in [1.54, 1.807) is 6.07 Å². The Kier molecular flexibility index (Phi) is 5.18. The number of benzene rings is 1. The summed E-state index contributed by atoms with van der Waals surface area (Å²) in [6, 6.07) is 9.75. The minimum absolute atomic E-state index is 0.207. The number of rotatable bonds is 5. The van der Waals surface area contributed by atoms with Crippen LogP contribution in [0.15, 0.2) is 30.3 Å². The van der Waals surface area contributed by atoms with E-state index in [9.17, 15) is 0 Å². The molecule has 1 aromatic carbocycles. The summed E-state index contributed by atoms with van der Waals surface area (Å²) in [4.78, 5) is 8.58. The third-order valence-electron chi connectivity index (χ3n) is 3.49. The standard InChI is InChI=1S/C17H21ClN2O/c1-5-12(4)13-6-8-14(9-7-13)21-16-10-15(18)19-17(20-16)11(2)3/h6-12H,5H2,1-4H3. The van der Waals surface area contributed by atoms with E-state index in [4.69, 9.17) is 16.3 Å². The Hall–Kier alpha value is -1.61. The van der Waals surface area contributed by atoms with E-state index >= 15 is 0 Å². The van der Waals surface area contributed by atoms with E-state index in [1.807, 2.05) is 26.0 Å². The first-order chi connectivity index (χ1) is 9.99. The summed E-state index contributed by atoms with van der Waals surface area (Å²) in [6.07, 6.45) is 1.12. The number of aromatic nitrogens is 2. The second-order valence-corrected chi connectivity index (χ2v) is 5.91. The Morgan fingerprint density at radius 3 is 2.33 bits per heavy atom. The van der Waals surface area contributed by atoms with Gasteiger partial charge in [-0.15, -0.1) is 0 Å². The molecule has 0 radical (unpaired) electrons. The Bertz CT molecular complexity index is 596. The second-order valence-electron chi connectivity index (χ2n) is 5.52. The predicted molar refractivity (Wildman–Crippen MR) is 86.4 cm³/mol. The fraction of sp³-hybridized carbons (Fsp3) is 0.412. The van der Waals surface area contributed by atoms with Crippen LogP contribution in [0.5, 0.6) is 11.6 Å². The van der Waals surface area contributed by atoms with Gasteiger partial charge in [0.2, 0.25) is 5.88 Å². The minimum atomic E-state index is 0.207. The zero-order chi connectivity index (χ0) is 15.4. The lowest BCUT2D eigenvalue weighted by Crippen LogP contribution is -2.00. The van der Waals surface area contributed by atoms with Crippen molar-refractivity contribution in [2.45, 2.75) is 46.0 Å². The minimum Gasteiger partial charge on any atom is -0.439 e. The van der Waals surface area contributed by atoms with Gasteiger partial charge < -0.3 is 4.74 Å². The molecule has 0 saturated carbocycles. The van der Waals surface area contributed by atoms with E-state index < -0.39 is 0 Å². The van der Waals surface area contributed by atoms with Gasteiger partial charge in [-0.25, -0.2) is 4.98 Å². The molecule has 0 aliphatic carbocycles. The first kappa shape index (κ1) is 15.8. The Morgan fingerprint density at radius 1 is 1.10 bits per heavy atom. The van der Waals surface area contributed by atoms with Crippen LogP contribution in [0.4, 0.5) is 0 Å². The van der Waals surface area contributed by atoms with Crippen molar-refractivity contribution in [2.75, 3.05) is 0 Å². The molecule has 0 bridgehead atoms. The van der Waals surface area contributed by atoms with E-state index in [-0.39, 0.29) is 5.92 Å². The van der Waals surface area contributed by atoms with Gasteiger partial charge in [-0.2, -0.15) is 4.98 Å². The summed E-state index contributed by atoms with van der Waals surface area (Å²) < 4.78 is 5.78. The smallest absolute Gasteiger partial charge is 0.224 e. The largest absolute Gasteiger partial charge is 0.439 e. The molecule has 0 saturated heterocycles. The van der Waals surface area contributed by atoms with Gasteiger partial charge in [0.15, 0.2) is 0 Å². The van der Waals surface area contributed by atoms with Crippen molar-refractivity contribution in [3.05, 3.63) is 46.9 Å². The van der Waals surface area contributed by atoms with Crippen LogP contribution < -0.4 is 4.74 Å². The van der Waals surface area contributed by atoms with Crippen molar-refractivity contribution in [2.24, 2.45) is 0 Å². The van der Waals surface area contributed by atoms with Crippen molar-refractivity contribution < 1.29 is 4.74 Å². The highest BCUT2D eigenvalue weighted by Gasteiger charge is 2.09. The molecular weight excluding hydrogens is 284 g/mol. The van der Waals surface area contributed by atoms with Crippen LogP contribution in [-0.2, 0) is 0 Å². The lowest BCUT2D eigenvalue weighted by molar-refractivity contribution is 0.456. The van der Waals surface area contributed by atoms with Crippen molar-refractivity contribution in [3.63, 3.8) is 0 Å². The van der Waals surface area contributed by atoms with Crippen molar-refractivity contribution in [1.82, 2.24) is 9.97 Å². The fourth-order valence-corrected chi connectivity index (χ4v) is 2.13. The lowest BCUT2D eigenvalue weighted by Gasteiger charge is -2.11. The van der Waals surface area contributed by atoms with Gasteiger partial charge in [0.25, 0.3) is 0 Å². The summed E-state index contributed by atoms with van der Waals surface area (Å²) >= 11 is 6.01. The summed E-state index contributed by atoms with van der Waals surface area (Å²) in [5.41, 5.74) is 1.31. The molecule has 0 fully saturated rings. The van der Waals surface area contributed by atoms with Gasteiger partial charge in [-0.3, -0.25) is 0 Å². The number of nitrogens with zero attached hydrogens (tertiary/aromatic N) is 2. The molecule has 0 N–H and O–H groups in total. The molecule has 1 aromatic heterocycles. The zero-order valence-corrected chi connectivity index (χ0v) is 13.7. The van der Waals surface area contributed by atoms with Gasteiger partial charge in [-0.1, -0.05) is 51.4 Å². The number of hydrogen-bond acceptors (Lipinski definition) is 3. The Balaban J connectivity index is 2.18. The molecule has 1 heterocycles. The van der Waals surface area contributed by atoms with Gasteiger partial charge in [0, 0.05) is 12.0 Å². The average molecular weight is 305 g/mol. The maximum Gasteiger partial charge on any atom is 0.224 e. The van der Waals surface area contributed by atoms with Crippen LogP contribution in [0.25, 0.3) is 0 Å². The third kappa shape index (κ3) is 4.18. The highest BCUT2D eigenvalue weighted by Crippen LogP contribution is 2.26.